The van der Waals surface area contributed by atoms with Gasteiger partial charge in [0.15, 0.2) is 0 Å². The highest BCUT2D eigenvalue weighted by Gasteiger charge is 2.55. The quantitative estimate of drug-likeness (QED) is 0.113. The number of carboxylic acids is 1. The van der Waals surface area contributed by atoms with E-state index in [1.54, 1.807) is 55.5 Å². The minimum Gasteiger partial charge on any atom is -0.497 e. The van der Waals surface area contributed by atoms with E-state index >= 15 is 0 Å². The van der Waals surface area contributed by atoms with E-state index < -0.39 is 48.4 Å². The Hall–Kier alpha value is -5.71. The number of carbonyl (C=O) groups is 4. The Balaban J connectivity index is 1.45. The lowest BCUT2D eigenvalue weighted by Crippen LogP contribution is -2.44. The first-order chi connectivity index (χ1) is 21.5. The smallest absolute Gasteiger partial charge is 0.328 e. The van der Waals surface area contributed by atoms with Gasteiger partial charge in [0.25, 0.3) is 5.91 Å². The van der Waals surface area contributed by atoms with Crippen molar-refractivity contribution in [3.05, 3.63) is 113 Å². The van der Waals surface area contributed by atoms with Crippen molar-refractivity contribution >= 4 is 40.4 Å². The van der Waals surface area contributed by atoms with Crippen molar-refractivity contribution in [2.45, 2.75) is 31.5 Å². The van der Waals surface area contributed by atoms with Gasteiger partial charge in [-0.2, -0.15) is 0 Å². The molecule has 0 bridgehead atoms. The molecule has 1 saturated heterocycles. The van der Waals surface area contributed by atoms with Crippen LogP contribution in [0.2, 0.25) is 0 Å². The highest BCUT2D eigenvalue weighted by molar-refractivity contribution is 6.09. The number of carbonyl (C=O) groups excluding carboxylic acids is 3. The molecule has 1 aliphatic heterocycles. The summed E-state index contributed by atoms with van der Waals surface area (Å²) >= 11 is 0. The molecule has 0 saturated carbocycles. The Morgan fingerprint density at radius 1 is 0.978 bits per heavy atom. The molecule has 1 fully saturated rings. The molecule has 4 amide bonds. The molecule has 0 aromatic heterocycles. The van der Waals surface area contributed by atoms with E-state index in [2.05, 4.69) is 5.32 Å². The van der Waals surface area contributed by atoms with E-state index in [9.17, 15) is 24.3 Å². The van der Waals surface area contributed by atoms with E-state index in [4.69, 9.17) is 15.9 Å². The average molecular weight is 608 g/mol. The lowest BCUT2D eigenvalue weighted by Gasteiger charge is -2.32. The Labute approximate surface area is 259 Å². The number of hydrogen-bond acceptors (Lipinski definition) is 6. The molecular weight excluding hydrogens is 574 g/mol. The van der Waals surface area contributed by atoms with Crippen LogP contribution in [0, 0.1) is 5.41 Å². The Morgan fingerprint density at radius 3 is 2.27 bits per heavy atom. The number of amides is 4. The van der Waals surface area contributed by atoms with E-state index in [-0.39, 0.29) is 12.4 Å². The third-order valence-corrected chi connectivity index (χ3v) is 8.11. The molecule has 5 rings (SSSR count). The molecule has 4 aromatic carbocycles. The van der Waals surface area contributed by atoms with Gasteiger partial charge >= 0.3 is 12.0 Å². The molecule has 5 N–H and O–H groups in total. The topological polar surface area (TPSA) is 166 Å². The fraction of sp³-hybridized carbons (Fsp3) is 0.206. The SMILES string of the molecule is COc1ccc(C(CC(=O)O)NC(=O)CN2C(=O)N(Cc3ccc4ccccc4c3)C(C)(c3ccc(C(=N)N)cc3)C2=O)cc1. The number of hydrogen-bond donors (Lipinski definition) is 4. The number of carboxylic acid groups (broad SMARTS) is 1. The number of nitrogen functional groups attached to an aromatic ring is 1. The summed E-state index contributed by atoms with van der Waals surface area (Å²) in [7, 11) is 1.50. The molecule has 0 spiro atoms. The number of nitrogens with two attached hydrogens (primary N) is 1. The zero-order chi connectivity index (χ0) is 32.3. The van der Waals surface area contributed by atoms with E-state index in [1.165, 1.54) is 12.0 Å². The number of nitrogens with zero attached hydrogens (tertiary/aromatic N) is 2. The summed E-state index contributed by atoms with van der Waals surface area (Å²) in [6.45, 7) is 1.09. The molecule has 1 aliphatic rings. The average Bonchev–Trinajstić information content (AvgIpc) is 3.21. The van der Waals surface area contributed by atoms with Crippen LogP contribution in [0.15, 0.2) is 91.0 Å². The Morgan fingerprint density at radius 2 is 1.64 bits per heavy atom. The molecule has 2 unspecified atom stereocenters. The normalized spacial score (nSPS) is 16.9. The summed E-state index contributed by atoms with van der Waals surface area (Å²) in [6, 6.07) is 25.1. The van der Waals surface area contributed by atoms with Crippen molar-refractivity contribution in [3.8, 4) is 5.75 Å². The first-order valence-electron chi connectivity index (χ1n) is 14.2. The van der Waals surface area contributed by atoms with Crippen molar-refractivity contribution in [1.29, 1.82) is 5.41 Å². The molecule has 1 heterocycles. The van der Waals surface area contributed by atoms with Gasteiger partial charge in [0.05, 0.1) is 19.6 Å². The first kappa shape index (κ1) is 30.7. The molecule has 11 nitrogen and oxygen atoms in total. The first-order valence-corrected chi connectivity index (χ1v) is 14.2. The zero-order valence-electron chi connectivity index (χ0n) is 24.8. The summed E-state index contributed by atoms with van der Waals surface area (Å²) in [4.78, 5) is 55.4. The van der Waals surface area contributed by atoms with E-state index in [0.717, 1.165) is 21.2 Å². The van der Waals surface area contributed by atoms with Crippen molar-refractivity contribution < 1.29 is 29.0 Å². The van der Waals surface area contributed by atoms with Gasteiger partial charge in [0, 0.05) is 12.1 Å². The van der Waals surface area contributed by atoms with Gasteiger partial charge in [-0.1, -0.05) is 72.8 Å². The van der Waals surface area contributed by atoms with Crippen LogP contribution in [0.25, 0.3) is 10.8 Å². The third kappa shape index (κ3) is 6.19. The number of ether oxygens (including phenoxy) is 1. The number of aliphatic carboxylic acids is 1. The maximum Gasteiger partial charge on any atom is 0.328 e. The maximum atomic E-state index is 14.1. The molecule has 11 heteroatoms. The van der Waals surface area contributed by atoms with Crippen LogP contribution in [0.5, 0.6) is 5.75 Å². The van der Waals surface area contributed by atoms with Gasteiger partial charge < -0.3 is 25.8 Å². The number of amidine groups is 1. The molecule has 4 aromatic rings. The number of urea groups is 1. The molecule has 230 valence electrons. The van der Waals surface area contributed by atoms with Gasteiger partial charge in [-0.3, -0.25) is 24.7 Å². The molecule has 0 radical (unpaired) electrons. The number of fused-ring (bicyclic) bond motifs is 1. The van der Waals surface area contributed by atoms with E-state index in [1.807, 2.05) is 42.5 Å². The van der Waals surface area contributed by atoms with Crippen molar-refractivity contribution in [2.24, 2.45) is 5.73 Å². The second-order valence-electron chi connectivity index (χ2n) is 11.0. The number of nitrogens with one attached hydrogen (secondary N) is 2. The van der Waals surface area contributed by atoms with Crippen LogP contribution < -0.4 is 15.8 Å². The van der Waals surface area contributed by atoms with Gasteiger partial charge in [0.2, 0.25) is 5.91 Å². The number of rotatable bonds is 11. The number of methoxy groups -OCH3 is 1. The molecule has 45 heavy (non-hydrogen) atoms. The second kappa shape index (κ2) is 12.5. The van der Waals surface area contributed by atoms with Crippen LogP contribution in [-0.4, -0.2) is 58.2 Å². The minimum atomic E-state index is -1.49. The monoisotopic (exact) mass is 607 g/mol. The fourth-order valence-electron chi connectivity index (χ4n) is 5.59. The third-order valence-electron chi connectivity index (χ3n) is 8.11. The molecule has 0 aliphatic carbocycles. The van der Waals surface area contributed by atoms with Gasteiger partial charge in [-0.25, -0.2) is 4.79 Å². The van der Waals surface area contributed by atoms with Crippen LogP contribution in [0.4, 0.5) is 4.79 Å². The lowest BCUT2D eigenvalue weighted by molar-refractivity contribution is -0.139. The van der Waals surface area contributed by atoms with Gasteiger partial charge in [-0.05, 0) is 52.6 Å². The van der Waals surface area contributed by atoms with Crippen molar-refractivity contribution in [3.63, 3.8) is 0 Å². The van der Waals surface area contributed by atoms with Crippen LogP contribution in [-0.2, 0) is 26.5 Å². The highest BCUT2D eigenvalue weighted by Crippen LogP contribution is 2.39. The Bertz CT molecular complexity index is 1790. The van der Waals surface area contributed by atoms with Gasteiger partial charge in [0.1, 0.15) is 23.7 Å². The summed E-state index contributed by atoms with van der Waals surface area (Å²) in [6.07, 6.45) is -0.408. The highest BCUT2D eigenvalue weighted by atomic mass is 16.5. The Kier molecular flexibility index (Phi) is 8.53. The molecule has 2 atom stereocenters. The summed E-state index contributed by atoms with van der Waals surface area (Å²) in [5.74, 6) is -2.01. The number of benzene rings is 4. The maximum absolute atomic E-state index is 14.1. The van der Waals surface area contributed by atoms with Crippen LogP contribution >= 0.6 is 0 Å². The van der Waals surface area contributed by atoms with Gasteiger partial charge in [-0.15, -0.1) is 0 Å². The minimum absolute atomic E-state index is 0.0754. The standard InChI is InChI=1S/C34H33N5O6/c1-34(26-13-9-24(10-14-26)31(35)36)32(43)38(33(44)39(34)19-21-7-8-22-5-3-4-6-25(22)17-21)20-29(40)37-28(18-30(41)42)23-11-15-27(45-2)16-12-23/h3-17,28H,18-20H2,1-2H3,(H3,35,36)(H,37,40)(H,41,42). The second-order valence-corrected chi connectivity index (χ2v) is 11.0. The predicted molar refractivity (Wildman–Crippen MR) is 168 cm³/mol. The van der Waals surface area contributed by atoms with Crippen molar-refractivity contribution in [2.75, 3.05) is 13.7 Å². The summed E-state index contributed by atoms with van der Waals surface area (Å²) < 4.78 is 5.16. The zero-order valence-corrected chi connectivity index (χ0v) is 24.8. The largest absolute Gasteiger partial charge is 0.497 e. The molecular formula is C34H33N5O6. The van der Waals surface area contributed by atoms with E-state index in [0.29, 0.717) is 22.4 Å². The van der Waals surface area contributed by atoms with Crippen LogP contribution in [0.3, 0.4) is 0 Å². The van der Waals surface area contributed by atoms with Crippen molar-refractivity contribution in [1.82, 2.24) is 15.1 Å². The summed E-state index contributed by atoms with van der Waals surface area (Å²) in [5.41, 5.74) is 6.40. The summed E-state index contributed by atoms with van der Waals surface area (Å²) in [5, 5.41) is 21.9. The predicted octanol–water partition coefficient (Wildman–Crippen LogP) is 4.14. The number of imide groups is 1. The lowest BCUT2D eigenvalue weighted by atomic mass is 9.89. The fourth-order valence-corrected chi connectivity index (χ4v) is 5.59. The van der Waals surface area contributed by atoms with Crippen LogP contribution in [0.1, 0.15) is 41.6 Å².